The quantitative estimate of drug-likeness (QED) is 0.794. The van der Waals surface area contributed by atoms with Crippen LogP contribution in [0.5, 0.6) is 0 Å². The van der Waals surface area contributed by atoms with Crippen LogP contribution < -0.4 is 5.32 Å². The van der Waals surface area contributed by atoms with E-state index < -0.39 is 5.60 Å². The number of hydrogen-bond acceptors (Lipinski definition) is 4. The summed E-state index contributed by atoms with van der Waals surface area (Å²) in [6, 6.07) is 0. The summed E-state index contributed by atoms with van der Waals surface area (Å²) in [5.41, 5.74) is -0.559. The molecule has 0 aromatic rings. The van der Waals surface area contributed by atoms with Crippen molar-refractivity contribution in [1.29, 1.82) is 0 Å². The van der Waals surface area contributed by atoms with Crippen LogP contribution in [-0.4, -0.2) is 42.8 Å². The predicted octanol–water partition coefficient (Wildman–Crippen LogP) is 1.67. The SMILES string of the molecule is CC.CCNCC1(O)CCC2(CC1)OCCO2. The Labute approximate surface area is 105 Å². The second-order valence-corrected chi connectivity index (χ2v) is 4.61. The first-order valence-corrected chi connectivity index (χ1v) is 6.89. The molecule has 4 heteroatoms. The summed E-state index contributed by atoms with van der Waals surface area (Å²) < 4.78 is 11.3. The molecule has 1 spiro atoms. The maximum absolute atomic E-state index is 10.3. The highest BCUT2D eigenvalue weighted by Crippen LogP contribution is 2.39. The second-order valence-electron chi connectivity index (χ2n) is 4.61. The van der Waals surface area contributed by atoms with Crippen LogP contribution in [0.2, 0.25) is 0 Å². The molecule has 0 bridgehead atoms. The summed E-state index contributed by atoms with van der Waals surface area (Å²) in [7, 11) is 0. The lowest BCUT2D eigenvalue weighted by molar-refractivity contribution is -0.201. The number of hydrogen-bond donors (Lipinski definition) is 2. The molecule has 0 radical (unpaired) electrons. The van der Waals surface area contributed by atoms with Gasteiger partial charge in [-0.05, 0) is 19.4 Å². The molecule has 2 rings (SSSR count). The molecule has 2 fully saturated rings. The van der Waals surface area contributed by atoms with Crippen molar-refractivity contribution in [3.05, 3.63) is 0 Å². The predicted molar refractivity (Wildman–Crippen MR) is 67.9 cm³/mol. The van der Waals surface area contributed by atoms with Gasteiger partial charge in [-0.25, -0.2) is 0 Å². The van der Waals surface area contributed by atoms with E-state index in [4.69, 9.17) is 9.47 Å². The fourth-order valence-corrected chi connectivity index (χ4v) is 2.42. The first-order chi connectivity index (χ1) is 8.18. The minimum absolute atomic E-state index is 0.363. The lowest BCUT2D eigenvalue weighted by atomic mass is 9.81. The van der Waals surface area contributed by atoms with Crippen molar-refractivity contribution >= 4 is 0 Å². The molecule has 1 aliphatic carbocycles. The average Bonchev–Trinajstić information content (AvgIpc) is 2.83. The zero-order chi connectivity index (χ0) is 12.8. The van der Waals surface area contributed by atoms with Crippen molar-refractivity contribution in [3.8, 4) is 0 Å². The maximum atomic E-state index is 10.3. The molecule has 1 saturated heterocycles. The molecule has 0 aromatic carbocycles. The molecule has 1 aliphatic heterocycles. The van der Waals surface area contributed by atoms with Crippen LogP contribution in [0.15, 0.2) is 0 Å². The van der Waals surface area contributed by atoms with Gasteiger partial charge in [0.15, 0.2) is 5.79 Å². The van der Waals surface area contributed by atoms with E-state index in [9.17, 15) is 5.11 Å². The molecule has 0 amide bonds. The van der Waals surface area contributed by atoms with Gasteiger partial charge < -0.3 is 19.9 Å². The monoisotopic (exact) mass is 245 g/mol. The van der Waals surface area contributed by atoms with Crippen molar-refractivity contribution in [2.24, 2.45) is 0 Å². The van der Waals surface area contributed by atoms with E-state index in [1.54, 1.807) is 0 Å². The highest BCUT2D eigenvalue weighted by atomic mass is 16.7. The average molecular weight is 245 g/mol. The van der Waals surface area contributed by atoms with Gasteiger partial charge in [0.2, 0.25) is 0 Å². The Morgan fingerprint density at radius 1 is 1.06 bits per heavy atom. The summed E-state index contributed by atoms with van der Waals surface area (Å²) in [5, 5.41) is 13.5. The number of ether oxygens (including phenoxy) is 2. The third kappa shape index (κ3) is 3.91. The third-order valence-corrected chi connectivity index (χ3v) is 3.46. The number of nitrogens with one attached hydrogen (secondary N) is 1. The smallest absolute Gasteiger partial charge is 0.168 e. The minimum atomic E-state index is -0.559. The Morgan fingerprint density at radius 3 is 2.06 bits per heavy atom. The van der Waals surface area contributed by atoms with E-state index in [2.05, 4.69) is 12.2 Å². The molecule has 1 saturated carbocycles. The first kappa shape index (κ1) is 14.9. The van der Waals surface area contributed by atoms with Crippen LogP contribution in [-0.2, 0) is 9.47 Å². The lowest BCUT2D eigenvalue weighted by Gasteiger charge is -2.40. The minimum Gasteiger partial charge on any atom is -0.389 e. The van der Waals surface area contributed by atoms with E-state index in [0.717, 1.165) is 32.2 Å². The van der Waals surface area contributed by atoms with E-state index in [1.807, 2.05) is 13.8 Å². The lowest BCUT2D eigenvalue weighted by Crippen LogP contribution is -2.48. The zero-order valence-corrected chi connectivity index (χ0v) is 11.4. The van der Waals surface area contributed by atoms with Crippen LogP contribution in [0.25, 0.3) is 0 Å². The Bertz CT molecular complexity index is 205. The van der Waals surface area contributed by atoms with Gasteiger partial charge in [-0.3, -0.25) is 0 Å². The number of aliphatic hydroxyl groups is 1. The molecule has 0 aromatic heterocycles. The molecule has 0 atom stereocenters. The normalized spacial score (nSPS) is 25.4. The zero-order valence-electron chi connectivity index (χ0n) is 11.4. The van der Waals surface area contributed by atoms with Gasteiger partial charge in [-0.15, -0.1) is 0 Å². The van der Waals surface area contributed by atoms with Gasteiger partial charge in [0.05, 0.1) is 18.8 Å². The topological polar surface area (TPSA) is 50.7 Å². The maximum Gasteiger partial charge on any atom is 0.168 e. The Hall–Kier alpha value is -0.160. The first-order valence-electron chi connectivity index (χ1n) is 6.89. The van der Waals surface area contributed by atoms with Crippen LogP contribution in [0, 0.1) is 0 Å². The number of rotatable bonds is 3. The molecule has 2 aliphatic rings. The second kappa shape index (κ2) is 6.69. The standard InChI is InChI=1S/C11H21NO3.C2H6/c1-2-12-9-10(13)3-5-11(6-4-10)14-7-8-15-11;1-2/h12-13H,2-9H2,1H3;1-2H3. The summed E-state index contributed by atoms with van der Waals surface area (Å²) in [5.74, 6) is -0.363. The van der Waals surface area contributed by atoms with Gasteiger partial charge in [-0.2, -0.15) is 0 Å². The molecular formula is C13H27NO3. The van der Waals surface area contributed by atoms with Crippen molar-refractivity contribution in [2.45, 2.75) is 57.8 Å². The van der Waals surface area contributed by atoms with Crippen LogP contribution in [0.1, 0.15) is 46.5 Å². The van der Waals surface area contributed by atoms with Crippen LogP contribution >= 0.6 is 0 Å². The van der Waals surface area contributed by atoms with Gasteiger partial charge in [0.1, 0.15) is 0 Å². The molecule has 2 N–H and O–H groups in total. The van der Waals surface area contributed by atoms with Gasteiger partial charge in [0.25, 0.3) is 0 Å². The Balaban J connectivity index is 0.000000686. The van der Waals surface area contributed by atoms with E-state index in [-0.39, 0.29) is 5.79 Å². The molecule has 102 valence electrons. The van der Waals surface area contributed by atoms with Crippen LogP contribution in [0.4, 0.5) is 0 Å². The van der Waals surface area contributed by atoms with Gasteiger partial charge in [0, 0.05) is 19.4 Å². The Kier molecular flexibility index (Phi) is 5.86. The molecule has 17 heavy (non-hydrogen) atoms. The van der Waals surface area contributed by atoms with Gasteiger partial charge >= 0.3 is 0 Å². The molecule has 4 nitrogen and oxygen atoms in total. The third-order valence-electron chi connectivity index (χ3n) is 3.46. The fraction of sp³-hybridized carbons (Fsp3) is 1.00. The fourth-order valence-electron chi connectivity index (χ4n) is 2.42. The van der Waals surface area contributed by atoms with E-state index in [1.165, 1.54) is 0 Å². The molecule has 0 unspecified atom stereocenters. The Morgan fingerprint density at radius 2 is 1.59 bits per heavy atom. The van der Waals surface area contributed by atoms with Crippen molar-refractivity contribution in [1.82, 2.24) is 5.32 Å². The summed E-state index contributed by atoms with van der Waals surface area (Å²) in [4.78, 5) is 0. The summed E-state index contributed by atoms with van der Waals surface area (Å²) in [6.07, 6.45) is 3.16. The van der Waals surface area contributed by atoms with Crippen molar-refractivity contribution in [2.75, 3.05) is 26.3 Å². The van der Waals surface area contributed by atoms with E-state index >= 15 is 0 Å². The number of likely N-dealkylation sites (N-methyl/N-ethyl adjacent to an activating group) is 1. The molecular weight excluding hydrogens is 218 g/mol. The summed E-state index contributed by atoms with van der Waals surface area (Å²) >= 11 is 0. The molecule has 1 heterocycles. The van der Waals surface area contributed by atoms with Crippen molar-refractivity contribution < 1.29 is 14.6 Å². The largest absolute Gasteiger partial charge is 0.389 e. The highest BCUT2D eigenvalue weighted by Gasteiger charge is 2.45. The van der Waals surface area contributed by atoms with Crippen LogP contribution in [0.3, 0.4) is 0 Å². The van der Waals surface area contributed by atoms with Crippen molar-refractivity contribution in [3.63, 3.8) is 0 Å². The highest BCUT2D eigenvalue weighted by molar-refractivity contribution is 4.92. The summed E-state index contributed by atoms with van der Waals surface area (Å²) in [6.45, 7) is 9.04. The van der Waals surface area contributed by atoms with Gasteiger partial charge in [-0.1, -0.05) is 20.8 Å². The van der Waals surface area contributed by atoms with E-state index in [0.29, 0.717) is 19.8 Å².